The van der Waals surface area contributed by atoms with Crippen LogP contribution in [0.25, 0.3) is 11.1 Å². The lowest BCUT2D eigenvalue weighted by Gasteiger charge is -2.28. The summed E-state index contributed by atoms with van der Waals surface area (Å²) in [7, 11) is 0.311. The maximum absolute atomic E-state index is 11.0. The third-order valence-electron chi connectivity index (χ3n) is 5.77. The van der Waals surface area contributed by atoms with Crippen LogP contribution in [0, 0.1) is 0 Å². The highest BCUT2D eigenvalue weighted by molar-refractivity contribution is 7.43. The summed E-state index contributed by atoms with van der Waals surface area (Å²) < 4.78 is 6.09. The van der Waals surface area contributed by atoms with E-state index in [9.17, 15) is 5.11 Å². The van der Waals surface area contributed by atoms with Crippen LogP contribution in [0.3, 0.4) is 0 Å². The van der Waals surface area contributed by atoms with Crippen molar-refractivity contribution in [1.29, 1.82) is 0 Å². The van der Waals surface area contributed by atoms with E-state index < -0.39 is 0 Å². The zero-order valence-electron chi connectivity index (χ0n) is 18.8. The molecule has 1 aliphatic rings. The van der Waals surface area contributed by atoms with Crippen molar-refractivity contribution < 1.29 is 9.63 Å². The first kappa shape index (κ1) is 20.9. The Labute approximate surface area is 182 Å². The van der Waals surface area contributed by atoms with Crippen molar-refractivity contribution in [1.82, 2.24) is 0 Å². The smallest absolute Gasteiger partial charge is 0.131 e. The highest BCUT2D eigenvalue weighted by Crippen LogP contribution is 2.42. The van der Waals surface area contributed by atoms with Crippen molar-refractivity contribution in [2.75, 3.05) is 0 Å². The second-order valence-electron chi connectivity index (χ2n) is 10.3. The molecule has 2 nitrogen and oxygen atoms in total. The van der Waals surface area contributed by atoms with Crippen molar-refractivity contribution in [2.45, 2.75) is 58.8 Å². The molecule has 0 fully saturated rings. The number of fused-ring (bicyclic) bond motifs is 3. The number of rotatable bonds is 2. The minimum absolute atomic E-state index is 0.125. The second-order valence-corrected chi connectivity index (χ2v) is 11.2. The van der Waals surface area contributed by atoms with Crippen LogP contribution in [0.5, 0.6) is 11.5 Å². The van der Waals surface area contributed by atoms with Crippen LogP contribution in [0.1, 0.15) is 63.8 Å². The minimum Gasteiger partial charge on any atom is -0.507 e. The summed E-state index contributed by atoms with van der Waals surface area (Å²) in [5.74, 6) is 1.41. The first-order chi connectivity index (χ1) is 14.1. The van der Waals surface area contributed by atoms with Gasteiger partial charge in [0.2, 0.25) is 0 Å². The molecular formula is C27H31O2P. The Hall–Kier alpha value is -2.31. The van der Waals surface area contributed by atoms with Gasteiger partial charge in [0.1, 0.15) is 20.3 Å². The molecule has 0 bridgehead atoms. The van der Waals surface area contributed by atoms with Gasteiger partial charge in [-0.05, 0) is 51.1 Å². The molecule has 1 aliphatic heterocycles. The predicted molar refractivity (Wildman–Crippen MR) is 129 cm³/mol. The Morgan fingerprint density at radius 3 is 2.03 bits per heavy atom. The fourth-order valence-corrected chi connectivity index (χ4v) is 5.16. The number of phenolic OH excluding ortho intramolecular Hbond substituents is 1. The number of aromatic hydroxyl groups is 1. The molecule has 0 spiro atoms. The summed E-state index contributed by atoms with van der Waals surface area (Å²) >= 11 is 0. The lowest BCUT2D eigenvalue weighted by Crippen LogP contribution is -2.19. The van der Waals surface area contributed by atoms with Crippen LogP contribution < -0.4 is 9.83 Å². The fraction of sp³-hybridized carbons (Fsp3) is 0.333. The highest BCUT2D eigenvalue weighted by atomic mass is 31.1. The molecule has 30 heavy (non-hydrogen) atoms. The summed E-state index contributed by atoms with van der Waals surface area (Å²) in [4.78, 5) is 0. The number of hydrogen-bond acceptors (Lipinski definition) is 2. The van der Waals surface area contributed by atoms with Crippen LogP contribution in [-0.2, 0) is 17.3 Å². The third kappa shape index (κ3) is 3.86. The van der Waals surface area contributed by atoms with Crippen molar-refractivity contribution in [2.24, 2.45) is 0 Å². The molecule has 3 heteroatoms. The lowest BCUT2D eigenvalue weighted by atomic mass is 9.78. The molecule has 1 unspecified atom stereocenters. The zero-order valence-corrected chi connectivity index (χ0v) is 19.8. The van der Waals surface area contributed by atoms with Gasteiger partial charge in [0.15, 0.2) is 0 Å². The monoisotopic (exact) mass is 418 g/mol. The molecule has 0 saturated carbocycles. The second kappa shape index (κ2) is 7.43. The standard InChI is InChI=1S/C27H31O2P/c1-26(2,3)21-15-17(16-22(24(21)28)27(4,5)6)14-18-10-9-12-20-19-11-7-8-13-23(19)29-30-25(18)20/h7-13,15-16,28,30H,14H2,1-6H3. The van der Waals surface area contributed by atoms with Gasteiger partial charge in [-0.3, -0.25) is 0 Å². The van der Waals surface area contributed by atoms with Crippen LogP contribution in [0.4, 0.5) is 0 Å². The Bertz CT molecular complexity index is 1070. The van der Waals surface area contributed by atoms with Crippen molar-refractivity contribution >= 4 is 14.1 Å². The summed E-state index contributed by atoms with van der Waals surface area (Å²) in [5, 5.41) is 12.3. The van der Waals surface area contributed by atoms with E-state index >= 15 is 0 Å². The van der Waals surface area contributed by atoms with E-state index in [1.165, 1.54) is 27.6 Å². The van der Waals surface area contributed by atoms with E-state index in [0.717, 1.165) is 23.3 Å². The topological polar surface area (TPSA) is 29.5 Å². The van der Waals surface area contributed by atoms with Gasteiger partial charge in [0.05, 0.1) is 0 Å². The molecule has 3 aromatic rings. The molecule has 1 N–H and O–H groups in total. The number of benzene rings is 3. The van der Waals surface area contributed by atoms with Crippen molar-refractivity contribution in [3.05, 3.63) is 76.9 Å². The Morgan fingerprint density at radius 2 is 1.40 bits per heavy atom. The van der Waals surface area contributed by atoms with Crippen LogP contribution in [0.15, 0.2) is 54.6 Å². The Kier molecular flexibility index (Phi) is 5.19. The largest absolute Gasteiger partial charge is 0.507 e. The van der Waals surface area contributed by atoms with Crippen molar-refractivity contribution in [3.63, 3.8) is 0 Å². The van der Waals surface area contributed by atoms with Gasteiger partial charge in [0, 0.05) is 10.9 Å². The third-order valence-corrected chi connectivity index (χ3v) is 6.89. The van der Waals surface area contributed by atoms with Gasteiger partial charge in [-0.25, -0.2) is 0 Å². The van der Waals surface area contributed by atoms with Gasteiger partial charge in [-0.1, -0.05) is 90.1 Å². The Balaban J connectivity index is 1.82. The fourth-order valence-electron chi connectivity index (χ4n) is 4.14. The molecule has 0 saturated heterocycles. The SMILES string of the molecule is CC(C)(C)c1cc(Cc2cccc3c2POc2ccccc2-3)cc(C(C)(C)C)c1O. The molecular weight excluding hydrogens is 387 g/mol. The van der Waals surface area contributed by atoms with Gasteiger partial charge in [-0.2, -0.15) is 0 Å². The van der Waals surface area contributed by atoms with E-state index in [1.807, 2.05) is 12.1 Å². The Morgan fingerprint density at radius 1 is 0.800 bits per heavy atom. The maximum Gasteiger partial charge on any atom is 0.131 e. The maximum atomic E-state index is 11.0. The lowest BCUT2D eigenvalue weighted by molar-refractivity contribution is 0.423. The van der Waals surface area contributed by atoms with Gasteiger partial charge < -0.3 is 9.63 Å². The van der Waals surface area contributed by atoms with Gasteiger partial charge in [0.25, 0.3) is 0 Å². The van der Waals surface area contributed by atoms with Gasteiger partial charge >= 0.3 is 0 Å². The average molecular weight is 419 g/mol. The molecule has 1 heterocycles. The first-order valence-corrected chi connectivity index (χ1v) is 11.5. The molecule has 1 atom stereocenters. The highest BCUT2D eigenvalue weighted by Gasteiger charge is 2.27. The van der Waals surface area contributed by atoms with Crippen LogP contribution in [-0.4, -0.2) is 5.11 Å². The molecule has 0 amide bonds. The quantitative estimate of drug-likeness (QED) is 0.461. The summed E-state index contributed by atoms with van der Waals surface area (Å²) in [6.45, 7) is 13.0. The molecule has 0 aliphatic carbocycles. The zero-order chi connectivity index (χ0) is 21.7. The summed E-state index contributed by atoms with van der Waals surface area (Å²) in [6.07, 6.45) is 0.828. The molecule has 0 radical (unpaired) electrons. The van der Waals surface area contributed by atoms with E-state index in [2.05, 4.69) is 84.0 Å². The van der Waals surface area contributed by atoms with Gasteiger partial charge in [-0.15, -0.1) is 0 Å². The molecule has 3 aromatic carbocycles. The average Bonchev–Trinajstić information content (AvgIpc) is 2.67. The molecule has 4 rings (SSSR count). The normalized spacial score (nSPS) is 14.2. The summed E-state index contributed by atoms with van der Waals surface area (Å²) in [5.41, 5.74) is 6.76. The van der Waals surface area contributed by atoms with E-state index in [0.29, 0.717) is 14.6 Å². The number of phenols is 1. The van der Waals surface area contributed by atoms with Crippen LogP contribution in [0.2, 0.25) is 0 Å². The van der Waals surface area contributed by atoms with Crippen LogP contribution >= 0.6 is 8.81 Å². The first-order valence-electron chi connectivity index (χ1n) is 10.6. The molecule has 156 valence electrons. The molecule has 0 aromatic heterocycles. The number of hydrogen-bond donors (Lipinski definition) is 1. The van der Waals surface area contributed by atoms with E-state index in [1.54, 1.807) is 0 Å². The number of para-hydroxylation sites is 1. The van der Waals surface area contributed by atoms with Crippen molar-refractivity contribution in [3.8, 4) is 22.6 Å². The predicted octanol–water partition coefficient (Wildman–Crippen LogP) is 6.86. The summed E-state index contributed by atoms with van der Waals surface area (Å²) in [6, 6.07) is 19.2. The van der Waals surface area contributed by atoms with E-state index in [4.69, 9.17) is 4.52 Å². The minimum atomic E-state index is -0.125. The van der Waals surface area contributed by atoms with E-state index in [-0.39, 0.29) is 10.8 Å².